The molecule has 0 aromatic carbocycles. The van der Waals surface area contributed by atoms with Crippen LogP contribution >= 0.6 is 0 Å². The summed E-state index contributed by atoms with van der Waals surface area (Å²) in [5.41, 5.74) is -0.417. The van der Waals surface area contributed by atoms with Crippen molar-refractivity contribution in [1.29, 1.82) is 0 Å². The highest BCUT2D eigenvalue weighted by atomic mass is 19.4. The largest absolute Gasteiger partial charge is 0.454 e. The van der Waals surface area contributed by atoms with E-state index in [1.807, 2.05) is 0 Å². The second kappa shape index (κ2) is 5.09. The van der Waals surface area contributed by atoms with Crippen LogP contribution in [0.3, 0.4) is 0 Å². The Hall–Kier alpha value is -1.37. The van der Waals surface area contributed by atoms with Crippen LogP contribution in [-0.4, -0.2) is 35.0 Å². The average Bonchev–Trinajstić information content (AvgIpc) is 2.76. The lowest BCUT2D eigenvalue weighted by Gasteiger charge is -2.21. The molecule has 100 valence electrons. The van der Waals surface area contributed by atoms with Crippen molar-refractivity contribution in [1.82, 2.24) is 9.78 Å². The summed E-state index contributed by atoms with van der Waals surface area (Å²) in [5, 5.41) is 3.79. The second-order valence-corrected chi connectivity index (χ2v) is 4.36. The van der Waals surface area contributed by atoms with Crippen LogP contribution in [0.4, 0.5) is 13.2 Å². The highest BCUT2D eigenvalue weighted by Gasteiger charge is 2.40. The first-order valence-corrected chi connectivity index (χ1v) is 5.68. The SMILES string of the molecule is O=C(c1cnn(C[C@H]2CCCOC2)c1)C(F)(F)F. The number of rotatable bonds is 3. The number of aromatic nitrogens is 2. The average molecular weight is 262 g/mol. The number of ketones is 1. The predicted molar refractivity (Wildman–Crippen MR) is 56.2 cm³/mol. The van der Waals surface area contributed by atoms with E-state index in [-0.39, 0.29) is 5.92 Å². The maximum absolute atomic E-state index is 12.2. The van der Waals surface area contributed by atoms with E-state index in [4.69, 9.17) is 4.74 Å². The summed E-state index contributed by atoms with van der Waals surface area (Å²) in [6.45, 7) is 1.79. The van der Waals surface area contributed by atoms with E-state index in [2.05, 4.69) is 5.10 Å². The number of Topliss-reactive ketones (excluding diaryl/α,β-unsaturated/α-hetero) is 1. The van der Waals surface area contributed by atoms with E-state index in [1.54, 1.807) is 0 Å². The monoisotopic (exact) mass is 262 g/mol. The zero-order chi connectivity index (χ0) is 13.2. The first kappa shape index (κ1) is 13.1. The summed E-state index contributed by atoms with van der Waals surface area (Å²) in [4.78, 5) is 11.0. The third-order valence-electron chi connectivity index (χ3n) is 2.85. The Morgan fingerprint density at radius 3 is 2.94 bits per heavy atom. The minimum absolute atomic E-state index is 0.243. The minimum Gasteiger partial charge on any atom is -0.381 e. The molecule has 2 heterocycles. The summed E-state index contributed by atoms with van der Waals surface area (Å²) in [6.07, 6.45) is -0.839. The minimum atomic E-state index is -4.85. The topological polar surface area (TPSA) is 44.1 Å². The van der Waals surface area contributed by atoms with Crippen molar-refractivity contribution in [3.8, 4) is 0 Å². The van der Waals surface area contributed by atoms with Crippen molar-refractivity contribution in [3.63, 3.8) is 0 Å². The summed E-state index contributed by atoms with van der Waals surface area (Å²) in [7, 11) is 0. The van der Waals surface area contributed by atoms with Gasteiger partial charge in [0.25, 0.3) is 5.78 Å². The molecule has 0 saturated carbocycles. The number of hydrogen-bond acceptors (Lipinski definition) is 3. The van der Waals surface area contributed by atoms with E-state index in [0.29, 0.717) is 13.2 Å². The first-order chi connectivity index (χ1) is 8.47. The van der Waals surface area contributed by atoms with E-state index < -0.39 is 17.5 Å². The van der Waals surface area contributed by atoms with Crippen molar-refractivity contribution < 1.29 is 22.7 Å². The summed E-state index contributed by atoms with van der Waals surface area (Å²) in [5.74, 6) is -1.61. The molecular formula is C11H13F3N2O2. The van der Waals surface area contributed by atoms with Gasteiger partial charge in [-0.3, -0.25) is 9.48 Å². The molecule has 0 bridgehead atoms. The third kappa shape index (κ3) is 3.10. The van der Waals surface area contributed by atoms with Gasteiger partial charge in [-0.25, -0.2) is 0 Å². The van der Waals surface area contributed by atoms with Crippen LogP contribution in [0, 0.1) is 5.92 Å². The summed E-state index contributed by atoms with van der Waals surface area (Å²) in [6, 6.07) is 0. The lowest BCUT2D eigenvalue weighted by Crippen LogP contribution is -2.23. The molecule has 1 aliphatic heterocycles. The standard InChI is InChI=1S/C11H13F3N2O2/c12-11(13,14)10(17)9-4-15-16(6-9)5-8-2-1-3-18-7-8/h4,6,8H,1-3,5,7H2/t8-/m1/s1. The molecule has 18 heavy (non-hydrogen) atoms. The number of nitrogens with zero attached hydrogens (tertiary/aromatic N) is 2. The molecule has 0 radical (unpaired) electrons. The van der Waals surface area contributed by atoms with Gasteiger partial charge < -0.3 is 4.74 Å². The van der Waals surface area contributed by atoms with Crippen LogP contribution in [0.1, 0.15) is 23.2 Å². The van der Waals surface area contributed by atoms with Crippen LogP contribution in [-0.2, 0) is 11.3 Å². The molecule has 1 aromatic heterocycles. The Morgan fingerprint density at radius 1 is 1.56 bits per heavy atom. The van der Waals surface area contributed by atoms with Crippen molar-refractivity contribution in [2.45, 2.75) is 25.6 Å². The van der Waals surface area contributed by atoms with E-state index in [9.17, 15) is 18.0 Å². The molecule has 0 unspecified atom stereocenters. The van der Waals surface area contributed by atoms with Gasteiger partial charge in [0.2, 0.25) is 0 Å². The Kier molecular flexibility index (Phi) is 3.70. The first-order valence-electron chi connectivity index (χ1n) is 5.68. The van der Waals surface area contributed by atoms with Gasteiger partial charge in [0, 0.05) is 25.3 Å². The van der Waals surface area contributed by atoms with Crippen LogP contribution in [0.2, 0.25) is 0 Å². The van der Waals surface area contributed by atoms with Crippen molar-refractivity contribution in [2.75, 3.05) is 13.2 Å². The molecule has 1 aromatic rings. The fraction of sp³-hybridized carbons (Fsp3) is 0.636. The van der Waals surface area contributed by atoms with Crippen molar-refractivity contribution in [2.24, 2.45) is 5.92 Å². The fourth-order valence-corrected chi connectivity index (χ4v) is 1.96. The number of hydrogen-bond donors (Lipinski definition) is 0. The van der Waals surface area contributed by atoms with Gasteiger partial charge in [-0.05, 0) is 12.8 Å². The van der Waals surface area contributed by atoms with Crippen molar-refractivity contribution in [3.05, 3.63) is 18.0 Å². The van der Waals surface area contributed by atoms with Crippen LogP contribution in [0.15, 0.2) is 12.4 Å². The number of carbonyl (C=O) groups is 1. The van der Waals surface area contributed by atoms with Crippen LogP contribution < -0.4 is 0 Å². The Bertz CT molecular complexity index is 422. The predicted octanol–water partition coefficient (Wildman–Crippen LogP) is 2.05. The Balaban J connectivity index is 1.99. The molecule has 7 heteroatoms. The molecule has 0 amide bonds. The molecule has 1 aliphatic rings. The normalized spacial score (nSPS) is 20.9. The zero-order valence-electron chi connectivity index (χ0n) is 9.61. The lowest BCUT2D eigenvalue weighted by molar-refractivity contribution is -0.0885. The summed E-state index contributed by atoms with van der Waals surface area (Å²) < 4.78 is 43.2. The van der Waals surface area contributed by atoms with Gasteiger partial charge in [-0.1, -0.05) is 0 Å². The third-order valence-corrected chi connectivity index (χ3v) is 2.85. The molecule has 0 aliphatic carbocycles. The molecule has 2 rings (SSSR count). The smallest absolute Gasteiger partial charge is 0.381 e. The van der Waals surface area contributed by atoms with Gasteiger partial charge in [0.05, 0.1) is 18.4 Å². The van der Waals surface area contributed by atoms with Gasteiger partial charge in [0.1, 0.15) is 0 Å². The molecular weight excluding hydrogens is 249 g/mol. The highest BCUT2D eigenvalue weighted by Crippen LogP contribution is 2.21. The van der Waals surface area contributed by atoms with Crippen LogP contribution in [0.5, 0.6) is 0 Å². The molecule has 0 spiro atoms. The Labute approximate surface area is 102 Å². The van der Waals surface area contributed by atoms with Gasteiger partial charge >= 0.3 is 6.18 Å². The second-order valence-electron chi connectivity index (χ2n) is 4.36. The number of halogens is 3. The van der Waals surface area contributed by atoms with E-state index >= 15 is 0 Å². The summed E-state index contributed by atoms with van der Waals surface area (Å²) >= 11 is 0. The van der Waals surface area contributed by atoms with E-state index in [0.717, 1.165) is 31.8 Å². The zero-order valence-corrected chi connectivity index (χ0v) is 9.61. The molecule has 1 fully saturated rings. The maximum atomic E-state index is 12.2. The Morgan fingerprint density at radius 2 is 2.33 bits per heavy atom. The fourth-order valence-electron chi connectivity index (χ4n) is 1.96. The number of carbonyl (C=O) groups excluding carboxylic acids is 1. The lowest BCUT2D eigenvalue weighted by atomic mass is 10.0. The quantitative estimate of drug-likeness (QED) is 0.783. The maximum Gasteiger partial charge on any atom is 0.454 e. The van der Waals surface area contributed by atoms with Gasteiger partial charge in [-0.2, -0.15) is 18.3 Å². The molecule has 4 nitrogen and oxygen atoms in total. The van der Waals surface area contributed by atoms with Gasteiger partial charge in [0.15, 0.2) is 0 Å². The molecule has 1 saturated heterocycles. The number of ether oxygens (including phenoxy) is 1. The van der Waals surface area contributed by atoms with E-state index in [1.165, 1.54) is 4.68 Å². The highest BCUT2D eigenvalue weighted by molar-refractivity contribution is 5.99. The molecule has 1 atom stereocenters. The number of alkyl halides is 3. The van der Waals surface area contributed by atoms with Gasteiger partial charge in [-0.15, -0.1) is 0 Å². The van der Waals surface area contributed by atoms with Crippen LogP contribution in [0.25, 0.3) is 0 Å². The van der Waals surface area contributed by atoms with Crippen molar-refractivity contribution >= 4 is 5.78 Å². The molecule has 0 N–H and O–H groups in total.